The fourth-order valence-electron chi connectivity index (χ4n) is 3.17. The molecular formula is C18H25BN3O3. The number of benzene rings is 1. The molecule has 1 aromatic carbocycles. The van der Waals surface area contributed by atoms with Gasteiger partial charge in [0.2, 0.25) is 0 Å². The summed E-state index contributed by atoms with van der Waals surface area (Å²) in [7, 11) is 3.08. The Balaban J connectivity index is 2.04. The molecule has 133 valence electrons. The van der Waals surface area contributed by atoms with E-state index in [1.165, 1.54) is 4.57 Å². The van der Waals surface area contributed by atoms with Crippen LogP contribution >= 0.6 is 0 Å². The van der Waals surface area contributed by atoms with E-state index >= 15 is 0 Å². The number of rotatable bonds is 2. The van der Waals surface area contributed by atoms with Crippen LogP contribution in [0.4, 0.5) is 10.5 Å². The molecule has 1 aliphatic rings. The van der Waals surface area contributed by atoms with Gasteiger partial charge in [0.25, 0.3) is 0 Å². The highest BCUT2D eigenvalue weighted by molar-refractivity contribution is 6.46. The molecule has 0 spiro atoms. The lowest BCUT2D eigenvalue weighted by Gasteiger charge is -2.34. The highest BCUT2D eigenvalue weighted by Gasteiger charge is 2.24. The van der Waals surface area contributed by atoms with E-state index in [1.54, 1.807) is 0 Å². The third-order valence-electron chi connectivity index (χ3n) is 4.40. The van der Waals surface area contributed by atoms with Crippen LogP contribution in [0.15, 0.2) is 24.3 Å². The first-order valence-corrected chi connectivity index (χ1v) is 8.59. The summed E-state index contributed by atoms with van der Waals surface area (Å²) in [6.07, 6.45) is -0.488. The monoisotopic (exact) mass is 342 g/mol. The number of aromatic nitrogens is 1. The van der Waals surface area contributed by atoms with Gasteiger partial charge in [-0.15, -0.1) is 0 Å². The quantitative estimate of drug-likeness (QED) is 0.837. The number of likely N-dealkylation sites (N-methyl/N-ethyl adjacent to an activating group) is 1. The molecule has 1 N–H and O–H groups in total. The largest absolute Gasteiger partial charge is 0.449 e. The molecule has 0 atom stereocenters. The van der Waals surface area contributed by atoms with Gasteiger partial charge >= 0.3 is 13.6 Å². The zero-order valence-corrected chi connectivity index (χ0v) is 15.3. The van der Waals surface area contributed by atoms with Gasteiger partial charge < -0.3 is 19.6 Å². The van der Waals surface area contributed by atoms with E-state index in [-0.39, 0.29) is 0 Å². The van der Waals surface area contributed by atoms with Crippen LogP contribution in [0.25, 0.3) is 10.9 Å². The predicted molar refractivity (Wildman–Crippen MR) is 101 cm³/mol. The van der Waals surface area contributed by atoms with Gasteiger partial charge in [-0.1, -0.05) is 6.07 Å². The van der Waals surface area contributed by atoms with Crippen LogP contribution in [-0.2, 0) is 4.74 Å². The minimum atomic E-state index is -0.602. The molecule has 0 amide bonds. The Morgan fingerprint density at radius 3 is 2.48 bits per heavy atom. The Morgan fingerprint density at radius 1 is 1.20 bits per heavy atom. The molecular weight excluding hydrogens is 317 g/mol. The number of carbonyl (C=O) groups excluding carboxylic acids is 1. The number of carbonyl (C=O) groups is 1. The maximum atomic E-state index is 12.6. The Kier molecular flexibility index (Phi) is 4.80. The van der Waals surface area contributed by atoms with Crippen molar-refractivity contribution in [3.63, 3.8) is 0 Å². The molecule has 0 bridgehead atoms. The second-order valence-corrected chi connectivity index (χ2v) is 7.51. The lowest BCUT2D eigenvalue weighted by atomic mass is 9.96. The zero-order valence-electron chi connectivity index (χ0n) is 15.3. The van der Waals surface area contributed by atoms with Gasteiger partial charge in [0.15, 0.2) is 0 Å². The SMILES string of the molecule is CN1CCN(c2cccc3c2cc([B]O)n3C(=O)OC(C)(C)C)CC1. The highest BCUT2D eigenvalue weighted by atomic mass is 16.6. The molecule has 1 aromatic heterocycles. The van der Waals surface area contributed by atoms with Crippen LogP contribution in [0.1, 0.15) is 20.8 Å². The molecule has 1 saturated heterocycles. The Bertz CT molecular complexity index is 774. The summed E-state index contributed by atoms with van der Waals surface area (Å²) in [5.41, 5.74) is 1.64. The average molecular weight is 342 g/mol. The lowest BCUT2D eigenvalue weighted by Crippen LogP contribution is -2.44. The second kappa shape index (κ2) is 6.73. The molecule has 0 saturated carbocycles. The number of nitrogens with zero attached hydrogens (tertiary/aromatic N) is 3. The molecule has 2 aromatic rings. The number of fused-ring (bicyclic) bond motifs is 1. The topological polar surface area (TPSA) is 57.9 Å². The highest BCUT2D eigenvalue weighted by Crippen LogP contribution is 2.28. The summed E-state index contributed by atoms with van der Waals surface area (Å²) >= 11 is 0. The maximum Gasteiger partial charge on any atom is 0.418 e. The van der Waals surface area contributed by atoms with E-state index in [4.69, 9.17) is 4.74 Å². The third-order valence-corrected chi connectivity index (χ3v) is 4.40. The van der Waals surface area contributed by atoms with Crippen molar-refractivity contribution in [2.45, 2.75) is 26.4 Å². The normalized spacial score (nSPS) is 16.3. The Hall–Kier alpha value is -1.99. The summed E-state index contributed by atoms with van der Waals surface area (Å²) in [5, 5.41) is 10.6. The summed E-state index contributed by atoms with van der Waals surface area (Å²) in [6, 6.07) is 7.73. The van der Waals surface area contributed by atoms with E-state index in [1.807, 2.05) is 39.0 Å². The Morgan fingerprint density at radius 2 is 1.88 bits per heavy atom. The number of hydrogen-bond donors (Lipinski definition) is 1. The van der Waals surface area contributed by atoms with Crippen LogP contribution < -0.4 is 10.5 Å². The van der Waals surface area contributed by atoms with Crippen molar-refractivity contribution < 1.29 is 14.6 Å². The van der Waals surface area contributed by atoms with Crippen LogP contribution in [0.5, 0.6) is 0 Å². The van der Waals surface area contributed by atoms with Crippen LogP contribution in [0.2, 0.25) is 0 Å². The minimum Gasteiger partial charge on any atom is -0.449 e. The van der Waals surface area contributed by atoms with Gasteiger partial charge in [0, 0.05) is 42.8 Å². The molecule has 1 fully saturated rings. The molecule has 3 rings (SSSR count). The number of anilines is 1. The van der Waals surface area contributed by atoms with Gasteiger partial charge in [-0.3, -0.25) is 4.57 Å². The second-order valence-electron chi connectivity index (χ2n) is 7.51. The van der Waals surface area contributed by atoms with E-state index in [9.17, 15) is 9.82 Å². The van der Waals surface area contributed by atoms with E-state index in [0.29, 0.717) is 5.59 Å². The van der Waals surface area contributed by atoms with Gasteiger partial charge in [-0.2, -0.15) is 0 Å². The first-order chi connectivity index (χ1) is 11.8. The van der Waals surface area contributed by atoms with E-state index < -0.39 is 11.7 Å². The van der Waals surface area contributed by atoms with Crippen LogP contribution in [0, 0.1) is 0 Å². The molecule has 7 heteroatoms. The van der Waals surface area contributed by atoms with Gasteiger partial charge in [0.1, 0.15) is 5.60 Å². The van der Waals surface area contributed by atoms with Crippen molar-refractivity contribution >= 4 is 35.8 Å². The molecule has 1 aliphatic heterocycles. The third kappa shape index (κ3) is 3.67. The summed E-state index contributed by atoms with van der Waals surface area (Å²) in [5.74, 6) is 0. The van der Waals surface area contributed by atoms with Crippen molar-refractivity contribution in [2.24, 2.45) is 0 Å². The molecule has 1 radical (unpaired) electrons. The molecule has 6 nitrogen and oxygen atoms in total. The number of piperazine rings is 1. The fraction of sp³-hybridized carbons (Fsp3) is 0.500. The first-order valence-electron chi connectivity index (χ1n) is 8.59. The lowest BCUT2D eigenvalue weighted by molar-refractivity contribution is 0.0549. The zero-order chi connectivity index (χ0) is 18.2. The average Bonchev–Trinajstić information content (AvgIpc) is 2.92. The van der Waals surface area contributed by atoms with Crippen molar-refractivity contribution in [3.8, 4) is 0 Å². The summed E-state index contributed by atoms with van der Waals surface area (Å²) < 4.78 is 6.94. The molecule has 0 aliphatic carbocycles. The molecule has 25 heavy (non-hydrogen) atoms. The van der Waals surface area contributed by atoms with Crippen molar-refractivity contribution in [1.29, 1.82) is 0 Å². The minimum absolute atomic E-state index is 0.422. The standard InChI is InChI=1S/C18H25BN3O3/c1-18(2,3)25-17(23)22-15-7-5-6-14(13(15)12-16(22)19-24)21-10-8-20(4)9-11-21/h5-7,12,24H,8-11H2,1-4H3. The van der Waals surface area contributed by atoms with Gasteiger partial charge in [0.05, 0.1) is 5.52 Å². The first kappa shape index (κ1) is 17.8. The predicted octanol–water partition coefficient (Wildman–Crippen LogP) is 1.41. The fourth-order valence-corrected chi connectivity index (χ4v) is 3.17. The van der Waals surface area contributed by atoms with Crippen LogP contribution in [0.3, 0.4) is 0 Å². The van der Waals surface area contributed by atoms with Crippen molar-refractivity contribution in [3.05, 3.63) is 24.3 Å². The van der Waals surface area contributed by atoms with E-state index in [2.05, 4.69) is 22.9 Å². The van der Waals surface area contributed by atoms with Crippen molar-refractivity contribution in [2.75, 3.05) is 38.1 Å². The summed E-state index contributed by atoms with van der Waals surface area (Å²) in [6.45, 7) is 9.36. The van der Waals surface area contributed by atoms with Crippen molar-refractivity contribution in [1.82, 2.24) is 9.47 Å². The van der Waals surface area contributed by atoms with E-state index in [0.717, 1.165) is 50.3 Å². The molecule has 0 unspecified atom stereocenters. The smallest absolute Gasteiger partial charge is 0.418 e. The number of hydrogen-bond acceptors (Lipinski definition) is 5. The van der Waals surface area contributed by atoms with Crippen LogP contribution in [-0.4, -0.2) is 66.9 Å². The Labute approximate surface area is 149 Å². The number of ether oxygens (including phenoxy) is 1. The van der Waals surface area contributed by atoms with Gasteiger partial charge in [-0.05, 0) is 46.0 Å². The summed E-state index contributed by atoms with van der Waals surface area (Å²) in [4.78, 5) is 17.3. The maximum absolute atomic E-state index is 12.6. The molecule has 2 heterocycles. The van der Waals surface area contributed by atoms with Gasteiger partial charge in [-0.25, -0.2) is 4.79 Å².